The summed E-state index contributed by atoms with van der Waals surface area (Å²) >= 11 is 0. The zero-order chi connectivity index (χ0) is 9.57. The number of aliphatic hydroxyl groups is 1. The number of hydrogen-bond donors (Lipinski definition) is 1. The van der Waals surface area contributed by atoms with Crippen LogP contribution in [0.4, 0.5) is 0 Å². The van der Waals surface area contributed by atoms with Crippen molar-refractivity contribution in [3.63, 3.8) is 0 Å². The molecule has 12 heavy (non-hydrogen) atoms. The quantitative estimate of drug-likeness (QED) is 0.658. The van der Waals surface area contributed by atoms with E-state index in [2.05, 4.69) is 33.9 Å². The summed E-state index contributed by atoms with van der Waals surface area (Å²) in [6, 6.07) is 0. The molecule has 0 spiro atoms. The first-order chi connectivity index (χ1) is 5.27. The van der Waals surface area contributed by atoms with Gasteiger partial charge in [-0.3, -0.25) is 0 Å². The van der Waals surface area contributed by atoms with Crippen LogP contribution in [0.5, 0.6) is 0 Å². The largest absolute Gasteiger partial charge is 0.396 e. The molecule has 1 nitrogen and oxygen atoms in total. The monoisotopic (exact) mass is 186 g/mol. The number of hydrogen-bond acceptors (Lipinski definition) is 1. The lowest BCUT2D eigenvalue weighted by Gasteiger charge is -2.40. The molecule has 0 bridgehead atoms. The van der Waals surface area contributed by atoms with Gasteiger partial charge in [-0.05, 0) is 23.8 Å². The lowest BCUT2D eigenvalue weighted by molar-refractivity contribution is 0.214. The Labute approximate surface area is 77.2 Å². The van der Waals surface area contributed by atoms with Crippen LogP contribution >= 0.6 is 0 Å². The van der Waals surface area contributed by atoms with Crippen molar-refractivity contribution in [3.8, 4) is 0 Å². The molecule has 0 saturated heterocycles. The Kier molecular flexibility index (Phi) is 2.43. The Hall–Kier alpha value is 0.177. The molecule has 2 heteroatoms. The molecule has 0 radical (unpaired) electrons. The zero-order valence-electron chi connectivity index (χ0n) is 9.02. The average molecular weight is 186 g/mol. The summed E-state index contributed by atoms with van der Waals surface area (Å²) in [5, 5.41) is 10.4. The maximum absolute atomic E-state index is 10.1. The summed E-state index contributed by atoms with van der Waals surface area (Å²) in [4.78, 5) is 0. The highest BCUT2D eigenvalue weighted by Gasteiger charge is 2.47. The maximum Gasteiger partial charge on any atom is 0.0868 e. The van der Waals surface area contributed by atoms with Gasteiger partial charge in [-0.25, -0.2) is 0 Å². The second kappa shape index (κ2) is 2.84. The van der Waals surface area contributed by atoms with Gasteiger partial charge in [-0.15, -0.1) is 0 Å². The smallest absolute Gasteiger partial charge is 0.0868 e. The lowest BCUT2D eigenvalue weighted by atomic mass is 10.2. The van der Waals surface area contributed by atoms with Crippen molar-refractivity contribution in [1.82, 2.24) is 0 Å². The summed E-state index contributed by atoms with van der Waals surface area (Å²) < 4.78 is 0. The van der Waals surface area contributed by atoms with Gasteiger partial charge >= 0.3 is 0 Å². The number of rotatable bonds is 2. The van der Waals surface area contributed by atoms with E-state index in [1.807, 2.05) is 0 Å². The van der Waals surface area contributed by atoms with Crippen LogP contribution in [0.2, 0.25) is 18.1 Å². The Morgan fingerprint density at radius 1 is 1.25 bits per heavy atom. The van der Waals surface area contributed by atoms with Crippen LogP contribution in [-0.4, -0.2) is 18.9 Å². The maximum atomic E-state index is 10.1. The molecule has 1 N–H and O–H groups in total. The molecule has 0 aromatic heterocycles. The van der Waals surface area contributed by atoms with Crippen molar-refractivity contribution < 1.29 is 5.11 Å². The fraction of sp³-hybridized carbons (Fsp3) is 1.00. The highest BCUT2D eigenvalue weighted by atomic mass is 28.3. The fourth-order valence-corrected chi connectivity index (χ4v) is 3.84. The molecule has 1 aliphatic rings. The van der Waals surface area contributed by atoms with E-state index < -0.39 is 8.07 Å². The van der Waals surface area contributed by atoms with Gasteiger partial charge in [-0.1, -0.05) is 33.9 Å². The normalized spacial score (nSPS) is 22.5. The average Bonchev–Trinajstić information content (AvgIpc) is 2.64. The highest BCUT2D eigenvalue weighted by molar-refractivity contribution is 6.81. The molecule has 1 aliphatic carbocycles. The minimum atomic E-state index is -1.45. The Balaban J connectivity index is 2.68. The molecule has 0 heterocycles. The molecule has 1 unspecified atom stereocenters. The molecule has 0 aromatic rings. The fourth-order valence-electron chi connectivity index (χ4n) is 1.44. The van der Waals surface area contributed by atoms with Crippen LogP contribution in [0, 0.1) is 5.92 Å². The van der Waals surface area contributed by atoms with Gasteiger partial charge in [0.2, 0.25) is 0 Å². The van der Waals surface area contributed by atoms with Crippen LogP contribution in [0.3, 0.4) is 0 Å². The molecule has 1 rings (SSSR count). The van der Waals surface area contributed by atoms with Crippen LogP contribution in [-0.2, 0) is 0 Å². The summed E-state index contributed by atoms with van der Waals surface area (Å²) in [7, 11) is -1.45. The minimum Gasteiger partial charge on any atom is -0.396 e. The first-order valence-corrected chi connectivity index (χ1v) is 8.02. The summed E-state index contributed by atoms with van der Waals surface area (Å²) in [6.45, 7) is 11.4. The Morgan fingerprint density at radius 3 is 1.92 bits per heavy atom. The minimum absolute atomic E-state index is 0.0255. The molecule has 1 saturated carbocycles. The van der Waals surface area contributed by atoms with E-state index in [-0.39, 0.29) is 5.73 Å². The van der Waals surface area contributed by atoms with E-state index in [1.165, 1.54) is 12.8 Å². The third kappa shape index (κ3) is 1.74. The second-order valence-corrected chi connectivity index (χ2v) is 11.3. The summed E-state index contributed by atoms with van der Waals surface area (Å²) in [5.74, 6) is 0.644. The molecule has 0 aliphatic heterocycles. The zero-order valence-corrected chi connectivity index (χ0v) is 10.0. The van der Waals surface area contributed by atoms with Crippen molar-refractivity contribution in [2.45, 2.75) is 57.5 Å². The van der Waals surface area contributed by atoms with E-state index >= 15 is 0 Å². The van der Waals surface area contributed by atoms with E-state index in [1.54, 1.807) is 0 Å². The van der Waals surface area contributed by atoms with Crippen molar-refractivity contribution in [3.05, 3.63) is 0 Å². The van der Waals surface area contributed by atoms with E-state index in [0.29, 0.717) is 11.0 Å². The molecule has 0 aromatic carbocycles. The molecule has 0 amide bonds. The van der Waals surface area contributed by atoms with E-state index in [0.717, 1.165) is 0 Å². The van der Waals surface area contributed by atoms with Crippen LogP contribution in [0.25, 0.3) is 0 Å². The lowest BCUT2D eigenvalue weighted by Crippen LogP contribution is -2.50. The van der Waals surface area contributed by atoms with E-state index in [4.69, 9.17) is 0 Å². The van der Waals surface area contributed by atoms with Crippen molar-refractivity contribution >= 4 is 8.07 Å². The molecule has 72 valence electrons. The molecular weight excluding hydrogens is 164 g/mol. The van der Waals surface area contributed by atoms with Gasteiger partial charge in [0.25, 0.3) is 0 Å². The molecule has 1 atom stereocenters. The Morgan fingerprint density at radius 2 is 1.67 bits per heavy atom. The third-order valence-corrected chi connectivity index (χ3v) is 9.56. The number of aliphatic hydroxyl groups excluding tert-OH is 1. The van der Waals surface area contributed by atoms with Crippen LogP contribution in [0.15, 0.2) is 0 Å². The molecular formula is C10H22OSi. The SMILES string of the molecule is CC(C)(C)[Si](C)(C)C(O)C1CC1. The third-order valence-electron chi connectivity index (χ3n) is 3.74. The van der Waals surface area contributed by atoms with Crippen molar-refractivity contribution in [2.75, 3.05) is 0 Å². The van der Waals surface area contributed by atoms with Crippen molar-refractivity contribution in [1.29, 1.82) is 0 Å². The van der Waals surface area contributed by atoms with Crippen LogP contribution < -0.4 is 0 Å². The van der Waals surface area contributed by atoms with Gasteiger partial charge < -0.3 is 5.11 Å². The van der Waals surface area contributed by atoms with Gasteiger partial charge in [0.1, 0.15) is 0 Å². The standard InChI is InChI=1S/C10H22OSi/c1-10(2,3)12(4,5)9(11)8-6-7-8/h8-9,11H,6-7H2,1-5H3. The van der Waals surface area contributed by atoms with Crippen molar-refractivity contribution in [2.24, 2.45) is 5.92 Å². The summed E-state index contributed by atoms with van der Waals surface area (Å²) in [5.41, 5.74) is 0.0255. The van der Waals surface area contributed by atoms with Crippen LogP contribution in [0.1, 0.15) is 33.6 Å². The van der Waals surface area contributed by atoms with E-state index in [9.17, 15) is 5.11 Å². The Bertz CT molecular complexity index is 165. The van der Waals surface area contributed by atoms with Gasteiger partial charge in [0.15, 0.2) is 0 Å². The summed E-state index contributed by atoms with van der Waals surface area (Å²) in [6.07, 6.45) is 2.52. The molecule has 1 fully saturated rings. The van der Waals surface area contributed by atoms with Gasteiger partial charge in [-0.2, -0.15) is 0 Å². The second-order valence-electron chi connectivity index (χ2n) is 5.75. The highest BCUT2D eigenvalue weighted by Crippen LogP contribution is 2.45. The predicted molar refractivity (Wildman–Crippen MR) is 55.9 cm³/mol. The topological polar surface area (TPSA) is 20.2 Å². The first-order valence-electron chi connectivity index (χ1n) is 4.95. The predicted octanol–water partition coefficient (Wildman–Crippen LogP) is 2.81. The first kappa shape index (κ1) is 10.3. The van der Waals surface area contributed by atoms with Gasteiger partial charge in [0.05, 0.1) is 8.07 Å². The van der Waals surface area contributed by atoms with Gasteiger partial charge in [0, 0.05) is 5.73 Å².